The lowest BCUT2D eigenvalue weighted by Crippen LogP contribution is -2.39. The molecule has 0 aromatic carbocycles. The quantitative estimate of drug-likeness (QED) is 0.583. The minimum atomic E-state index is -1.15. The highest BCUT2D eigenvalue weighted by Gasteiger charge is 2.19. The van der Waals surface area contributed by atoms with Gasteiger partial charge in [-0.05, 0) is 26.3 Å². The number of carbonyl (C=O) groups excluding carboxylic acids is 3. The Hall–Kier alpha value is -2.35. The van der Waals surface area contributed by atoms with Crippen molar-refractivity contribution in [2.45, 2.75) is 46.3 Å². The molecule has 1 aromatic rings. The van der Waals surface area contributed by atoms with E-state index >= 15 is 0 Å². The van der Waals surface area contributed by atoms with Gasteiger partial charge in [0.25, 0.3) is 5.91 Å². The zero-order chi connectivity index (χ0) is 19.0. The number of ether oxygens (including phenoxy) is 2. The van der Waals surface area contributed by atoms with E-state index in [9.17, 15) is 14.4 Å². The molecular formula is C16H22ClN3O5. The third-order valence-corrected chi connectivity index (χ3v) is 3.69. The summed E-state index contributed by atoms with van der Waals surface area (Å²) in [5.74, 6) is -1.53. The Morgan fingerprint density at radius 2 is 2.08 bits per heavy atom. The Balaban J connectivity index is 2.69. The number of aromatic nitrogens is 2. The lowest BCUT2D eigenvalue weighted by molar-refractivity contribution is -0.149. The summed E-state index contributed by atoms with van der Waals surface area (Å²) < 4.78 is 10.9. The van der Waals surface area contributed by atoms with Gasteiger partial charge in [0.15, 0.2) is 6.10 Å². The number of aryl methyl sites for hydroxylation is 2. The van der Waals surface area contributed by atoms with Gasteiger partial charge in [0, 0.05) is 18.2 Å². The van der Waals surface area contributed by atoms with Crippen molar-refractivity contribution in [1.29, 1.82) is 0 Å². The van der Waals surface area contributed by atoms with Crippen molar-refractivity contribution >= 4 is 35.6 Å². The van der Waals surface area contributed by atoms with Gasteiger partial charge in [0.1, 0.15) is 5.15 Å². The molecule has 0 spiro atoms. The van der Waals surface area contributed by atoms with Gasteiger partial charge in [-0.2, -0.15) is 5.10 Å². The Bertz CT molecular complexity index is 669. The maximum atomic E-state index is 11.8. The summed E-state index contributed by atoms with van der Waals surface area (Å²) in [5.41, 5.74) is 1.29. The van der Waals surface area contributed by atoms with E-state index in [1.54, 1.807) is 11.6 Å². The molecule has 0 saturated carbocycles. The van der Waals surface area contributed by atoms with Gasteiger partial charge >= 0.3 is 12.1 Å². The fourth-order valence-corrected chi connectivity index (χ4v) is 2.21. The van der Waals surface area contributed by atoms with Gasteiger partial charge in [-0.25, -0.2) is 9.59 Å². The number of rotatable bonds is 7. The first kappa shape index (κ1) is 20.7. The molecule has 0 radical (unpaired) electrons. The van der Waals surface area contributed by atoms with Crippen molar-refractivity contribution < 1.29 is 23.9 Å². The Labute approximate surface area is 151 Å². The van der Waals surface area contributed by atoms with E-state index in [4.69, 9.17) is 16.3 Å². The van der Waals surface area contributed by atoms with Gasteiger partial charge in [0.05, 0.1) is 12.8 Å². The summed E-state index contributed by atoms with van der Waals surface area (Å²) in [6, 6.07) is 0. The Morgan fingerprint density at radius 1 is 1.40 bits per heavy atom. The van der Waals surface area contributed by atoms with E-state index in [1.807, 2.05) is 5.32 Å². The molecule has 2 amide bonds. The number of halogens is 1. The van der Waals surface area contributed by atoms with Crippen LogP contribution in [0.25, 0.3) is 6.08 Å². The standard InChI is InChI=1S/C16H22ClN3O5/c1-5-6-9-20-14(17)12(10(2)19-20)7-8-13(21)25-11(3)15(22)18-16(23)24-4/h7-8,11H,5-6,9H2,1-4H3,(H,18,22,23)/b8-7+/t11-/m1/s1. The van der Waals surface area contributed by atoms with Crippen LogP contribution in [0, 0.1) is 6.92 Å². The highest BCUT2D eigenvalue weighted by Crippen LogP contribution is 2.21. The molecule has 8 nitrogen and oxygen atoms in total. The maximum absolute atomic E-state index is 11.8. The van der Waals surface area contributed by atoms with E-state index in [1.165, 1.54) is 13.0 Å². The van der Waals surface area contributed by atoms with Crippen molar-refractivity contribution in [2.24, 2.45) is 0 Å². The minimum absolute atomic E-state index is 0.437. The van der Waals surface area contributed by atoms with Crippen LogP contribution in [0.3, 0.4) is 0 Å². The van der Waals surface area contributed by atoms with Crippen LogP contribution in [0.2, 0.25) is 5.15 Å². The van der Waals surface area contributed by atoms with Crippen molar-refractivity contribution in [1.82, 2.24) is 15.1 Å². The van der Waals surface area contributed by atoms with Crippen molar-refractivity contribution in [3.8, 4) is 0 Å². The molecule has 0 aliphatic carbocycles. The average molecular weight is 372 g/mol. The van der Waals surface area contributed by atoms with Crippen LogP contribution in [0.1, 0.15) is 37.9 Å². The molecule has 9 heteroatoms. The Kier molecular flexibility index (Phi) is 8.13. The second kappa shape index (κ2) is 9.83. The molecule has 0 unspecified atom stereocenters. The van der Waals surface area contributed by atoms with Crippen LogP contribution in [-0.4, -0.2) is 41.0 Å². The minimum Gasteiger partial charge on any atom is -0.453 e. The first-order chi connectivity index (χ1) is 11.8. The number of imide groups is 1. The van der Waals surface area contributed by atoms with E-state index in [0.717, 1.165) is 26.0 Å². The number of carbonyl (C=O) groups is 3. The number of hydrogen-bond donors (Lipinski definition) is 1. The molecule has 0 bridgehead atoms. The summed E-state index contributed by atoms with van der Waals surface area (Å²) in [6.07, 6.45) is 2.52. The molecule has 25 heavy (non-hydrogen) atoms. The number of alkyl carbamates (subject to hydrolysis) is 1. The van der Waals surface area contributed by atoms with Gasteiger partial charge < -0.3 is 9.47 Å². The summed E-state index contributed by atoms with van der Waals surface area (Å²) in [5, 5.41) is 6.67. The summed E-state index contributed by atoms with van der Waals surface area (Å²) in [7, 11) is 1.12. The van der Waals surface area contributed by atoms with Crippen LogP contribution in [0.4, 0.5) is 4.79 Å². The van der Waals surface area contributed by atoms with Crippen molar-refractivity contribution in [3.05, 3.63) is 22.5 Å². The zero-order valence-electron chi connectivity index (χ0n) is 14.7. The average Bonchev–Trinajstić information content (AvgIpc) is 2.84. The summed E-state index contributed by atoms with van der Waals surface area (Å²) in [4.78, 5) is 34.3. The van der Waals surface area contributed by atoms with Crippen LogP contribution in [0.5, 0.6) is 0 Å². The lowest BCUT2D eigenvalue weighted by Gasteiger charge is -2.10. The first-order valence-electron chi connectivity index (χ1n) is 7.80. The normalized spacial score (nSPS) is 12.0. The summed E-state index contributed by atoms with van der Waals surface area (Å²) >= 11 is 6.26. The molecular weight excluding hydrogens is 350 g/mol. The van der Waals surface area contributed by atoms with E-state index in [0.29, 0.717) is 23.0 Å². The molecule has 138 valence electrons. The molecule has 0 aliphatic heterocycles. The van der Waals surface area contributed by atoms with Crippen LogP contribution >= 0.6 is 11.6 Å². The fraction of sp³-hybridized carbons (Fsp3) is 0.500. The topological polar surface area (TPSA) is 99.5 Å². The van der Waals surface area contributed by atoms with Gasteiger partial charge in [-0.15, -0.1) is 0 Å². The molecule has 1 rings (SSSR count). The summed E-state index contributed by atoms with van der Waals surface area (Å²) in [6.45, 7) is 5.88. The SMILES string of the molecule is CCCCn1nc(C)c(/C=C/C(=O)O[C@H](C)C(=O)NC(=O)OC)c1Cl. The van der Waals surface area contributed by atoms with Gasteiger partial charge in [-0.3, -0.25) is 14.8 Å². The smallest absolute Gasteiger partial charge is 0.413 e. The second-order valence-electron chi connectivity index (χ2n) is 5.26. The second-order valence-corrected chi connectivity index (χ2v) is 5.62. The predicted octanol–water partition coefficient (Wildman–Crippen LogP) is 2.47. The van der Waals surface area contributed by atoms with E-state index < -0.39 is 24.1 Å². The van der Waals surface area contributed by atoms with Crippen molar-refractivity contribution in [2.75, 3.05) is 7.11 Å². The Morgan fingerprint density at radius 3 is 2.68 bits per heavy atom. The maximum Gasteiger partial charge on any atom is 0.413 e. The molecule has 1 aromatic heterocycles. The molecule has 0 saturated heterocycles. The zero-order valence-corrected chi connectivity index (χ0v) is 15.4. The highest BCUT2D eigenvalue weighted by molar-refractivity contribution is 6.31. The third-order valence-electron chi connectivity index (χ3n) is 3.29. The van der Waals surface area contributed by atoms with E-state index in [2.05, 4.69) is 16.8 Å². The molecule has 1 heterocycles. The van der Waals surface area contributed by atoms with Gasteiger partial charge in [-0.1, -0.05) is 24.9 Å². The van der Waals surface area contributed by atoms with Crippen molar-refractivity contribution in [3.63, 3.8) is 0 Å². The number of methoxy groups -OCH3 is 1. The monoisotopic (exact) mass is 371 g/mol. The number of hydrogen-bond acceptors (Lipinski definition) is 6. The fourth-order valence-electron chi connectivity index (χ4n) is 1.88. The number of esters is 1. The number of nitrogens with one attached hydrogen (secondary N) is 1. The largest absolute Gasteiger partial charge is 0.453 e. The molecule has 1 atom stereocenters. The van der Waals surface area contributed by atoms with Gasteiger partial charge in [0.2, 0.25) is 0 Å². The molecule has 1 N–H and O–H groups in total. The molecule has 0 fully saturated rings. The van der Waals surface area contributed by atoms with Crippen LogP contribution in [-0.2, 0) is 25.6 Å². The number of nitrogens with zero attached hydrogens (tertiary/aromatic N) is 2. The predicted molar refractivity (Wildman–Crippen MR) is 92.0 cm³/mol. The highest BCUT2D eigenvalue weighted by atomic mass is 35.5. The lowest BCUT2D eigenvalue weighted by atomic mass is 10.2. The molecule has 0 aliphatic rings. The van der Waals surface area contributed by atoms with Crippen LogP contribution < -0.4 is 5.32 Å². The third kappa shape index (κ3) is 6.22. The van der Waals surface area contributed by atoms with E-state index in [-0.39, 0.29) is 0 Å². The number of amides is 2. The number of unbranched alkanes of at least 4 members (excludes halogenated alkanes) is 1. The first-order valence-corrected chi connectivity index (χ1v) is 8.18. The van der Waals surface area contributed by atoms with Crippen LogP contribution in [0.15, 0.2) is 6.08 Å².